The Morgan fingerprint density at radius 1 is 1.05 bits per heavy atom. The summed E-state index contributed by atoms with van der Waals surface area (Å²) in [5, 5.41) is 7.05. The molecule has 1 saturated heterocycles. The summed E-state index contributed by atoms with van der Waals surface area (Å²) in [6.45, 7) is 2.32. The third-order valence-electron chi connectivity index (χ3n) is 6.40. The number of aromatic nitrogens is 3. The van der Waals surface area contributed by atoms with E-state index >= 15 is 0 Å². The van der Waals surface area contributed by atoms with Crippen molar-refractivity contribution in [3.05, 3.63) is 79.1 Å². The van der Waals surface area contributed by atoms with Gasteiger partial charge in [0, 0.05) is 49.7 Å². The minimum atomic E-state index is -3.65. The lowest BCUT2D eigenvalue weighted by molar-refractivity contribution is 0.219. The first-order valence-electron chi connectivity index (χ1n) is 12.1. The first kappa shape index (κ1) is 24.1. The molecule has 0 bridgehead atoms. The number of benzene rings is 2. The number of carbonyl (C=O) groups is 1. The molecule has 2 aromatic carbocycles. The molecule has 3 aromatic heterocycles. The summed E-state index contributed by atoms with van der Waals surface area (Å²) in [6.07, 6.45) is 3.64. The van der Waals surface area contributed by atoms with E-state index in [9.17, 15) is 13.2 Å². The van der Waals surface area contributed by atoms with Gasteiger partial charge in [0.05, 0.1) is 15.5 Å². The molecule has 0 unspecified atom stereocenters. The number of fused-ring (bicyclic) bond motifs is 1. The molecule has 0 spiro atoms. The van der Waals surface area contributed by atoms with E-state index < -0.39 is 9.84 Å². The number of nitrogens with zero attached hydrogens (tertiary/aromatic N) is 3. The van der Waals surface area contributed by atoms with Crippen molar-refractivity contribution in [1.82, 2.24) is 25.2 Å². The Morgan fingerprint density at radius 2 is 1.92 bits per heavy atom. The fourth-order valence-corrected chi connectivity index (χ4v) is 7.15. The molecule has 0 atom stereocenters. The van der Waals surface area contributed by atoms with Crippen LogP contribution in [0.5, 0.6) is 0 Å². The molecule has 1 aliphatic rings. The highest BCUT2D eigenvalue weighted by Gasteiger charge is 2.23. The Bertz CT molecular complexity index is 1730. The second kappa shape index (κ2) is 9.92. The Labute approximate surface area is 223 Å². The molecule has 1 fully saturated rings. The molecule has 9 nitrogen and oxygen atoms in total. The quantitative estimate of drug-likeness (QED) is 0.262. The van der Waals surface area contributed by atoms with Crippen molar-refractivity contribution in [2.24, 2.45) is 0 Å². The zero-order chi connectivity index (χ0) is 26.1. The van der Waals surface area contributed by atoms with Crippen LogP contribution >= 0.6 is 11.3 Å². The predicted molar refractivity (Wildman–Crippen MR) is 148 cm³/mol. The topological polar surface area (TPSA) is 120 Å². The summed E-state index contributed by atoms with van der Waals surface area (Å²) in [7, 11) is -3.65. The lowest BCUT2D eigenvalue weighted by Gasteiger charge is -2.15. The van der Waals surface area contributed by atoms with Gasteiger partial charge >= 0.3 is 6.03 Å². The maximum absolute atomic E-state index is 13.2. The minimum absolute atomic E-state index is 0.0744. The molecule has 192 valence electrons. The van der Waals surface area contributed by atoms with E-state index in [-0.39, 0.29) is 15.1 Å². The summed E-state index contributed by atoms with van der Waals surface area (Å²) >= 11 is 1.18. The molecular weight excluding hydrogens is 520 g/mol. The molecule has 4 heterocycles. The second-order valence-corrected chi connectivity index (χ2v) is 12.1. The summed E-state index contributed by atoms with van der Waals surface area (Å²) in [5.74, 6) is 0.409. The number of urea groups is 1. The number of nitrogens with one attached hydrogen (secondary N) is 3. The van der Waals surface area contributed by atoms with Gasteiger partial charge in [0.25, 0.3) is 0 Å². The fraction of sp³-hybridized carbons (Fsp3) is 0.148. The van der Waals surface area contributed by atoms with E-state index in [4.69, 9.17) is 4.98 Å². The van der Waals surface area contributed by atoms with E-state index in [0.717, 1.165) is 22.0 Å². The standard InChI is InChI=1S/C27H24N6O3S2/c34-27-30-13-15-33(27)14-12-29-26-31-17-21(18-6-7-22-19(16-18)10-11-28-22)25(32-26)23-8-9-24(37-23)38(35,36)20-4-2-1-3-5-20/h1-11,16-17,28H,12-15H2,(H,30,34)(H,29,31,32). The number of H-pyrrole nitrogens is 1. The monoisotopic (exact) mass is 544 g/mol. The molecule has 0 aliphatic carbocycles. The number of carbonyl (C=O) groups excluding carboxylic acids is 1. The zero-order valence-corrected chi connectivity index (χ0v) is 21.8. The highest BCUT2D eigenvalue weighted by atomic mass is 32.2. The molecule has 0 saturated carbocycles. The normalized spacial score (nSPS) is 13.7. The SMILES string of the molecule is O=C1NCCN1CCNc1ncc(-c2ccc3[nH]ccc3c2)c(-c2ccc(S(=O)(=O)c3ccccc3)s2)n1. The molecule has 0 radical (unpaired) electrons. The highest BCUT2D eigenvalue weighted by Crippen LogP contribution is 2.38. The first-order valence-corrected chi connectivity index (χ1v) is 14.4. The van der Waals surface area contributed by atoms with Crippen LogP contribution in [0.1, 0.15) is 0 Å². The van der Waals surface area contributed by atoms with Gasteiger partial charge in [-0.1, -0.05) is 24.3 Å². The Balaban J connectivity index is 1.36. The molecule has 6 rings (SSSR count). The molecule has 3 N–H and O–H groups in total. The van der Waals surface area contributed by atoms with Crippen LogP contribution in [-0.2, 0) is 9.84 Å². The average Bonchev–Trinajstić information content (AvgIpc) is 3.70. The van der Waals surface area contributed by atoms with Gasteiger partial charge < -0.3 is 20.5 Å². The van der Waals surface area contributed by atoms with Gasteiger partial charge in [-0.15, -0.1) is 11.3 Å². The Kier molecular flexibility index (Phi) is 6.30. The number of sulfone groups is 1. The minimum Gasteiger partial charge on any atom is -0.361 e. The largest absolute Gasteiger partial charge is 0.361 e. The van der Waals surface area contributed by atoms with Gasteiger partial charge in [-0.05, 0) is 53.4 Å². The highest BCUT2D eigenvalue weighted by molar-refractivity contribution is 7.93. The zero-order valence-electron chi connectivity index (χ0n) is 20.2. The Morgan fingerprint density at radius 3 is 2.74 bits per heavy atom. The molecule has 1 aliphatic heterocycles. The van der Waals surface area contributed by atoms with Crippen molar-refractivity contribution in [1.29, 1.82) is 0 Å². The van der Waals surface area contributed by atoms with Gasteiger partial charge in [-0.2, -0.15) is 0 Å². The maximum Gasteiger partial charge on any atom is 0.317 e. The first-order chi connectivity index (χ1) is 18.5. The summed E-state index contributed by atoms with van der Waals surface area (Å²) in [5.41, 5.74) is 3.37. The molecule has 5 aromatic rings. The average molecular weight is 545 g/mol. The summed E-state index contributed by atoms with van der Waals surface area (Å²) < 4.78 is 26.7. The van der Waals surface area contributed by atoms with E-state index in [1.165, 1.54) is 11.3 Å². The van der Waals surface area contributed by atoms with E-state index in [0.29, 0.717) is 42.7 Å². The lowest BCUT2D eigenvalue weighted by Crippen LogP contribution is -2.32. The van der Waals surface area contributed by atoms with Crippen molar-refractivity contribution in [3.63, 3.8) is 0 Å². The van der Waals surface area contributed by atoms with E-state index in [1.807, 2.05) is 24.4 Å². The number of thiophene rings is 1. The van der Waals surface area contributed by atoms with Gasteiger partial charge in [-0.3, -0.25) is 0 Å². The van der Waals surface area contributed by atoms with Gasteiger partial charge in [0.2, 0.25) is 15.8 Å². The van der Waals surface area contributed by atoms with Gasteiger partial charge in [0.15, 0.2) is 0 Å². The van der Waals surface area contributed by atoms with Gasteiger partial charge in [0.1, 0.15) is 4.21 Å². The summed E-state index contributed by atoms with van der Waals surface area (Å²) in [4.78, 5) is 27.1. The number of rotatable bonds is 8. The van der Waals surface area contributed by atoms with Crippen LogP contribution in [0.3, 0.4) is 0 Å². The van der Waals surface area contributed by atoms with Crippen LogP contribution < -0.4 is 10.6 Å². The van der Waals surface area contributed by atoms with Crippen molar-refractivity contribution >= 4 is 44.1 Å². The molecular formula is C27H24N6O3S2. The van der Waals surface area contributed by atoms with Crippen molar-refractivity contribution in [3.8, 4) is 21.7 Å². The fourth-order valence-electron chi connectivity index (χ4n) is 4.42. The van der Waals surface area contributed by atoms with E-state index in [2.05, 4.69) is 26.7 Å². The van der Waals surface area contributed by atoms with Crippen molar-refractivity contribution in [2.75, 3.05) is 31.5 Å². The number of aromatic amines is 1. The van der Waals surface area contributed by atoms with Crippen LogP contribution in [-0.4, -0.2) is 60.5 Å². The smallest absolute Gasteiger partial charge is 0.317 e. The van der Waals surface area contributed by atoms with Crippen LogP contribution in [0.25, 0.3) is 32.6 Å². The van der Waals surface area contributed by atoms with Crippen molar-refractivity contribution in [2.45, 2.75) is 9.10 Å². The number of amides is 2. The van der Waals surface area contributed by atoms with E-state index in [1.54, 1.807) is 53.6 Å². The van der Waals surface area contributed by atoms with Crippen LogP contribution in [0.2, 0.25) is 0 Å². The van der Waals surface area contributed by atoms with Crippen LogP contribution in [0.15, 0.2) is 88.2 Å². The molecule has 2 amide bonds. The van der Waals surface area contributed by atoms with Crippen molar-refractivity contribution < 1.29 is 13.2 Å². The molecule has 38 heavy (non-hydrogen) atoms. The number of hydrogen-bond donors (Lipinski definition) is 3. The third kappa shape index (κ3) is 4.61. The maximum atomic E-state index is 13.2. The third-order valence-corrected chi connectivity index (χ3v) is 9.75. The van der Waals surface area contributed by atoms with Crippen LogP contribution in [0, 0.1) is 0 Å². The second-order valence-electron chi connectivity index (χ2n) is 8.82. The Hall–Kier alpha value is -4.22. The summed E-state index contributed by atoms with van der Waals surface area (Å²) in [6, 6.07) is 19.8. The number of anilines is 1. The molecule has 11 heteroatoms. The predicted octanol–water partition coefficient (Wildman–Crippen LogP) is 4.62. The van der Waals surface area contributed by atoms with Crippen LogP contribution in [0.4, 0.5) is 10.7 Å². The lowest BCUT2D eigenvalue weighted by atomic mass is 10.0. The number of hydrogen-bond acceptors (Lipinski definition) is 7. The van der Waals surface area contributed by atoms with Gasteiger partial charge in [-0.25, -0.2) is 23.2 Å².